The van der Waals surface area contributed by atoms with Gasteiger partial charge in [0.1, 0.15) is 18.3 Å². The normalized spacial score (nSPS) is 12.5. The van der Waals surface area contributed by atoms with Gasteiger partial charge in [0.2, 0.25) is 11.8 Å². The van der Waals surface area contributed by atoms with Crippen molar-refractivity contribution in [1.29, 1.82) is 0 Å². The first-order valence-corrected chi connectivity index (χ1v) is 15.8. The number of anilines is 1. The van der Waals surface area contributed by atoms with Crippen molar-refractivity contribution in [2.75, 3.05) is 32.2 Å². The second kappa shape index (κ2) is 15.0. The van der Waals surface area contributed by atoms with Crippen LogP contribution in [0.25, 0.3) is 0 Å². The maximum Gasteiger partial charge on any atom is 0.264 e. The van der Waals surface area contributed by atoms with E-state index in [0.29, 0.717) is 17.2 Å². The highest BCUT2D eigenvalue weighted by molar-refractivity contribution is 7.92. The Bertz CT molecular complexity index is 1540. The fourth-order valence-electron chi connectivity index (χ4n) is 4.70. The molecule has 0 saturated heterocycles. The lowest BCUT2D eigenvalue weighted by molar-refractivity contribution is -0.139. The van der Waals surface area contributed by atoms with Crippen LogP contribution in [0.4, 0.5) is 5.69 Å². The van der Waals surface area contributed by atoms with E-state index in [4.69, 9.17) is 14.2 Å². The summed E-state index contributed by atoms with van der Waals surface area (Å²) in [6, 6.07) is 15.8. The highest BCUT2D eigenvalue weighted by Gasteiger charge is 2.33. The zero-order valence-electron chi connectivity index (χ0n) is 26.7. The van der Waals surface area contributed by atoms with Gasteiger partial charge < -0.3 is 24.4 Å². The summed E-state index contributed by atoms with van der Waals surface area (Å²) in [7, 11) is 0.151. The van der Waals surface area contributed by atoms with Gasteiger partial charge in [0.25, 0.3) is 10.0 Å². The minimum absolute atomic E-state index is 0.0774. The number of nitrogens with zero attached hydrogens (tertiary/aromatic N) is 2. The standard InChI is InChI=1S/C33H43N3O7S/c1-9-24(4)34-33(38)25(5)35(20-26-10-12-28(41-6)13-11-26)32(37)21-36(27-17-22(2)16-23(3)18-27)44(39,40)29-14-15-30(42-7)31(19-29)43-8/h10-19,24-25H,9,20-21H2,1-8H3,(H,34,38)/t24-,25-/m1/s1. The van der Waals surface area contributed by atoms with Crippen LogP contribution in [-0.2, 0) is 26.2 Å². The van der Waals surface area contributed by atoms with Gasteiger partial charge in [-0.1, -0.05) is 25.1 Å². The summed E-state index contributed by atoms with van der Waals surface area (Å²) in [5.74, 6) is 0.373. The molecule has 1 N–H and O–H groups in total. The number of benzene rings is 3. The van der Waals surface area contributed by atoms with Gasteiger partial charge in [-0.3, -0.25) is 13.9 Å². The molecule has 11 heteroatoms. The SMILES string of the molecule is CC[C@@H](C)NC(=O)[C@@H](C)N(Cc1ccc(OC)cc1)C(=O)CN(c1cc(C)cc(C)c1)S(=O)(=O)c1ccc(OC)c(OC)c1. The van der Waals surface area contributed by atoms with Gasteiger partial charge >= 0.3 is 0 Å². The highest BCUT2D eigenvalue weighted by atomic mass is 32.2. The number of rotatable bonds is 14. The summed E-state index contributed by atoms with van der Waals surface area (Å²) < 4.78 is 45.5. The predicted octanol–water partition coefficient (Wildman–Crippen LogP) is 4.86. The number of aryl methyl sites for hydroxylation is 2. The summed E-state index contributed by atoms with van der Waals surface area (Å²) in [6.07, 6.45) is 0.717. The summed E-state index contributed by atoms with van der Waals surface area (Å²) in [5.41, 5.74) is 2.74. The highest BCUT2D eigenvalue weighted by Crippen LogP contribution is 2.33. The third kappa shape index (κ3) is 8.22. The summed E-state index contributed by atoms with van der Waals surface area (Å²) in [4.78, 5) is 28.8. The van der Waals surface area contributed by atoms with Crippen LogP contribution in [0.2, 0.25) is 0 Å². The minimum atomic E-state index is -4.29. The predicted molar refractivity (Wildman–Crippen MR) is 171 cm³/mol. The second-order valence-corrected chi connectivity index (χ2v) is 12.6. The monoisotopic (exact) mass is 625 g/mol. The van der Waals surface area contributed by atoms with Gasteiger partial charge in [-0.2, -0.15) is 0 Å². The molecule has 0 radical (unpaired) electrons. The Morgan fingerprint density at radius 1 is 0.841 bits per heavy atom. The minimum Gasteiger partial charge on any atom is -0.497 e. The third-order valence-electron chi connectivity index (χ3n) is 7.40. The van der Waals surface area contributed by atoms with E-state index in [1.54, 1.807) is 50.4 Å². The smallest absolute Gasteiger partial charge is 0.264 e. The molecular weight excluding hydrogens is 582 g/mol. The van der Waals surface area contributed by atoms with Crippen LogP contribution in [0.15, 0.2) is 65.6 Å². The average molecular weight is 626 g/mol. The lowest BCUT2D eigenvalue weighted by atomic mass is 10.1. The third-order valence-corrected chi connectivity index (χ3v) is 9.17. The van der Waals surface area contributed by atoms with E-state index >= 15 is 0 Å². The molecule has 3 aromatic carbocycles. The zero-order valence-corrected chi connectivity index (χ0v) is 27.5. The van der Waals surface area contributed by atoms with Crippen LogP contribution in [0.3, 0.4) is 0 Å². The van der Waals surface area contributed by atoms with Crippen LogP contribution >= 0.6 is 0 Å². The Morgan fingerprint density at radius 3 is 2.00 bits per heavy atom. The Labute approximate surface area is 261 Å². The zero-order chi connectivity index (χ0) is 32.6. The van der Waals surface area contributed by atoms with Gasteiger partial charge in [-0.15, -0.1) is 0 Å². The molecule has 3 rings (SSSR count). The fourth-order valence-corrected chi connectivity index (χ4v) is 6.12. The topological polar surface area (TPSA) is 114 Å². The number of sulfonamides is 1. The van der Waals surface area contributed by atoms with E-state index in [1.165, 1.54) is 37.3 Å². The molecule has 10 nitrogen and oxygen atoms in total. The quantitative estimate of drug-likeness (QED) is 0.272. The second-order valence-electron chi connectivity index (χ2n) is 10.7. The number of carbonyl (C=O) groups excluding carboxylic acids is 2. The summed E-state index contributed by atoms with van der Waals surface area (Å²) in [6.45, 7) is 8.73. The molecule has 0 aliphatic rings. The van der Waals surface area contributed by atoms with E-state index in [2.05, 4.69) is 5.32 Å². The molecule has 0 fully saturated rings. The average Bonchev–Trinajstić information content (AvgIpc) is 3.01. The number of hydrogen-bond acceptors (Lipinski definition) is 7. The Morgan fingerprint density at radius 2 is 1.45 bits per heavy atom. The number of ether oxygens (including phenoxy) is 3. The van der Waals surface area contributed by atoms with Crippen LogP contribution < -0.4 is 23.8 Å². The van der Waals surface area contributed by atoms with Crippen LogP contribution in [0, 0.1) is 13.8 Å². The first kappa shape index (κ1) is 34.2. The molecule has 44 heavy (non-hydrogen) atoms. The first-order chi connectivity index (χ1) is 20.8. The number of methoxy groups -OCH3 is 3. The molecule has 0 saturated carbocycles. The Hall–Kier alpha value is -4.25. The van der Waals surface area contributed by atoms with E-state index in [9.17, 15) is 18.0 Å². The van der Waals surface area contributed by atoms with Crippen LogP contribution in [0.5, 0.6) is 17.2 Å². The van der Waals surface area contributed by atoms with Crippen LogP contribution in [-0.4, -0.2) is 65.1 Å². The van der Waals surface area contributed by atoms with Crippen molar-refractivity contribution in [2.45, 2.75) is 64.6 Å². The van der Waals surface area contributed by atoms with Crippen molar-refractivity contribution in [3.63, 3.8) is 0 Å². The summed E-state index contributed by atoms with van der Waals surface area (Å²) in [5, 5.41) is 2.94. The number of nitrogens with one attached hydrogen (secondary N) is 1. The van der Waals surface area contributed by atoms with Gasteiger partial charge in [0.15, 0.2) is 11.5 Å². The van der Waals surface area contributed by atoms with E-state index < -0.39 is 28.5 Å². The number of carbonyl (C=O) groups is 2. The molecule has 3 aromatic rings. The molecule has 0 heterocycles. The molecule has 2 amide bonds. The van der Waals surface area contributed by atoms with Gasteiger partial charge in [0.05, 0.1) is 31.9 Å². The molecule has 2 atom stereocenters. The molecule has 0 bridgehead atoms. The van der Waals surface area contributed by atoms with E-state index in [1.807, 2.05) is 33.8 Å². The van der Waals surface area contributed by atoms with Crippen molar-refractivity contribution < 1.29 is 32.2 Å². The lowest BCUT2D eigenvalue weighted by Gasteiger charge is -2.32. The molecule has 0 unspecified atom stereocenters. The molecule has 0 aromatic heterocycles. The molecule has 0 aliphatic carbocycles. The van der Waals surface area contributed by atoms with Gasteiger partial charge in [-0.25, -0.2) is 8.42 Å². The number of hydrogen-bond donors (Lipinski definition) is 1. The van der Waals surface area contributed by atoms with E-state index in [-0.39, 0.29) is 29.1 Å². The van der Waals surface area contributed by atoms with Gasteiger partial charge in [0, 0.05) is 18.7 Å². The van der Waals surface area contributed by atoms with Gasteiger partial charge in [-0.05, 0) is 87.2 Å². The summed E-state index contributed by atoms with van der Waals surface area (Å²) >= 11 is 0. The molecule has 0 spiro atoms. The molecule has 238 valence electrons. The maximum absolute atomic E-state index is 14.3. The molecular formula is C33H43N3O7S. The number of amides is 2. The Balaban J connectivity index is 2.10. The fraction of sp³-hybridized carbons (Fsp3) is 0.394. The largest absolute Gasteiger partial charge is 0.497 e. The van der Waals surface area contributed by atoms with Crippen molar-refractivity contribution in [2.24, 2.45) is 0 Å². The van der Waals surface area contributed by atoms with Crippen molar-refractivity contribution >= 4 is 27.5 Å². The maximum atomic E-state index is 14.3. The molecule has 0 aliphatic heterocycles. The first-order valence-electron chi connectivity index (χ1n) is 14.4. The van der Waals surface area contributed by atoms with Crippen LogP contribution in [0.1, 0.15) is 43.9 Å². The van der Waals surface area contributed by atoms with E-state index in [0.717, 1.165) is 27.4 Å². The Kier molecular flexibility index (Phi) is 11.6. The van der Waals surface area contributed by atoms with Crippen molar-refractivity contribution in [3.8, 4) is 17.2 Å². The lowest BCUT2D eigenvalue weighted by Crippen LogP contribution is -2.52. The van der Waals surface area contributed by atoms with Crippen molar-refractivity contribution in [1.82, 2.24) is 10.2 Å². The van der Waals surface area contributed by atoms with Crippen molar-refractivity contribution in [3.05, 3.63) is 77.4 Å².